The second-order valence-electron chi connectivity index (χ2n) is 3.91. The normalized spacial score (nSPS) is 13.0. The molecule has 2 aromatic rings. The van der Waals surface area contributed by atoms with Crippen LogP contribution in [0.5, 0.6) is 0 Å². The van der Waals surface area contributed by atoms with Gasteiger partial charge in [0.1, 0.15) is 0 Å². The van der Waals surface area contributed by atoms with Crippen LogP contribution in [0.1, 0.15) is 27.7 Å². The highest BCUT2D eigenvalue weighted by molar-refractivity contribution is 7.10. The topological polar surface area (TPSA) is 55.9 Å². The monoisotopic (exact) mass is 236 g/mol. The number of thiophene rings is 1. The number of aryl methyl sites for hydroxylation is 3. The third-order valence-electron chi connectivity index (χ3n) is 2.69. The summed E-state index contributed by atoms with van der Waals surface area (Å²) in [5.74, 6) is 5.66. The molecule has 2 aromatic heterocycles. The fraction of sp³-hybridized carbons (Fsp3) is 0.364. The highest BCUT2D eigenvalue weighted by atomic mass is 32.1. The molecule has 0 amide bonds. The number of hydrogen-bond donors (Lipinski definition) is 2. The Balaban J connectivity index is 2.44. The molecule has 0 bridgehead atoms. The van der Waals surface area contributed by atoms with Crippen molar-refractivity contribution in [3.63, 3.8) is 0 Å². The van der Waals surface area contributed by atoms with Gasteiger partial charge >= 0.3 is 0 Å². The first-order valence-electron chi connectivity index (χ1n) is 5.13. The molecule has 0 fully saturated rings. The summed E-state index contributed by atoms with van der Waals surface area (Å²) in [5.41, 5.74) is 6.28. The van der Waals surface area contributed by atoms with Crippen molar-refractivity contribution >= 4 is 11.3 Å². The van der Waals surface area contributed by atoms with Gasteiger partial charge in [0.15, 0.2) is 0 Å². The van der Waals surface area contributed by atoms with Gasteiger partial charge in [-0.3, -0.25) is 10.5 Å². The van der Waals surface area contributed by atoms with Crippen LogP contribution in [0.2, 0.25) is 0 Å². The molecule has 1 atom stereocenters. The zero-order valence-corrected chi connectivity index (χ0v) is 10.5. The van der Waals surface area contributed by atoms with Gasteiger partial charge in [0, 0.05) is 23.7 Å². The first-order chi connectivity index (χ1) is 7.63. The number of hydrogen-bond acceptors (Lipinski definition) is 4. The standard InChI is InChI=1S/C11H16N4S/c1-7-4-5-16-11(7)10(13-12)9-6-15(3)14-8(9)2/h4-6,10,13H,12H2,1-3H3. The lowest BCUT2D eigenvalue weighted by Crippen LogP contribution is -2.28. The molecule has 2 rings (SSSR count). The molecule has 4 nitrogen and oxygen atoms in total. The van der Waals surface area contributed by atoms with Crippen molar-refractivity contribution in [2.24, 2.45) is 12.9 Å². The summed E-state index contributed by atoms with van der Waals surface area (Å²) in [7, 11) is 1.92. The smallest absolute Gasteiger partial charge is 0.0838 e. The van der Waals surface area contributed by atoms with Crippen molar-refractivity contribution in [2.45, 2.75) is 19.9 Å². The zero-order valence-electron chi connectivity index (χ0n) is 9.69. The van der Waals surface area contributed by atoms with Crippen LogP contribution in [0.4, 0.5) is 0 Å². The Labute approximate surface area is 99.1 Å². The Morgan fingerprint density at radius 1 is 1.50 bits per heavy atom. The van der Waals surface area contributed by atoms with Crippen LogP contribution >= 0.6 is 11.3 Å². The van der Waals surface area contributed by atoms with Gasteiger partial charge in [-0.25, -0.2) is 5.43 Å². The summed E-state index contributed by atoms with van der Waals surface area (Å²) < 4.78 is 1.82. The van der Waals surface area contributed by atoms with Gasteiger partial charge in [-0.15, -0.1) is 11.3 Å². The summed E-state index contributed by atoms with van der Waals surface area (Å²) in [6.45, 7) is 4.10. The second kappa shape index (κ2) is 4.37. The van der Waals surface area contributed by atoms with E-state index < -0.39 is 0 Å². The maximum Gasteiger partial charge on any atom is 0.0838 e. The molecule has 0 aromatic carbocycles. The van der Waals surface area contributed by atoms with Crippen molar-refractivity contribution in [1.29, 1.82) is 0 Å². The Morgan fingerprint density at radius 2 is 2.25 bits per heavy atom. The lowest BCUT2D eigenvalue weighted by atomic mass is 10.1. The summed E-state index contributed by atoms with van der Waals surface area (Å²) >= 11 is 1.72. The molecule has 0 aliphatic heterocycles. The van der Waals surface area contributed by atoms with Crippen molar-refractivity contribution in [3.05, 3.63) is 39.3 Å². The molecular formula is C11H16N4S. The summed E-state index contributed by atoms with van der Waals surface area (Å²) in [6, 6.07) is 2.14. The molecule has 1 unspecified atom stereocenters. The minimum Gasteiger partial charge on any atom is -0.275 e. The average Bonchev–Trinajstić information content (AvgIpc) is 2.77. The van der Waals surface area contributed by atoms with Crippen LogP contribution < -0.4 is 11.3 Å². The van der Waals surface area contributed by atoms with E-state index in [9.17, 15) is 0 Å². The fourth-order valence-corrected chi connectivity index (χ4v) is 2.89. The first kappa shape index (κ1) is 11.3. The predicted molar refractivity (Wildman–Crippen MR) is 66.2 cm³/mol. The van der Waals surface area contributed by atoms with E-state index in [0.717, 1.165) is 11.3 Å². The summed E-state index contributed by atoms with van der Waals surface area (Å²) in [4.78, 5) is 1.25. The fourth-order valence-electron chi connectivity index (χ4n) is 1.89. The number of nitrogens with one attached hydrogen (secondary N) is 1. The molecular weight excluding hydrogens is 220 g/mol. The first-order valence-corrected chi connectivity index (χ1v) is 6.01. The molecule has 16 heavy (non-hydrogen) atoms. The van der Waals surface area contributed by atoms with E-state index in [0.29, 0.717) is 0 Å². The lowest BCUT2D eigenvalue weighted by Gasteiger charge is -2.14. The molecule has 5 heteroatoms. The Hall–Kier alpha value is -1.17. The van der Waals surface area contributed by atoms with Gasteiger partial charge < -0.3 is 0 Å². The van der Waals surface area contributed by atoms with E-state index in [1.807, 2.05) is 24.9 Å². The van der Waals surface area contributed by atoms with Gasteiger partial charge in [0.25, 0.3) is 0 Å². The minimum atomic E-state index is 0.0358. The molecule has 0 saturated heterocycles. The molecule has 3 N–H and O–H groups in total. The number of rotatable bonds is 3. The van der Waals surface area contributed by atoms with Crippen LogP contribution in [0, 0.1) is 13.8 Å². The van der Waals surface area contributed by atoms with Crippen molar-refractivity contribution in [2.75, 3.05) is 0 Å². The van der Waals surface area contributed by atoms with E-state index in [1.165, 1.54) is 10.4 Å². The van der Waals surface area contributed by atoms with Crippen LogP contribution in [0.25, 0.3) is 0 Å². The largest absolute Gasteiger partial charge is 0.275 e. The van der Waals surface area contributed by atoms with Crippen molar-refractivity contribution < 1.29 is 0 Å². The summed E-state index contributed by atoms with van der Waals surface area (Å²) in [6.07, 6.45) is 2.01. The van der Waals surface area contributed by atoms with Crippen LogP contribution in [0.15, 0.2) is 17.6 Å². The lowest BCUT2D eigenvalue weighted by molar-refractivity contribution is 0.640. The molecule has 2 heterocycles. The Bertz CT molecular complexity index is 486. The summed E-state index contributed by atoms with van der Waals surface area (Å²) in [5, 5.41) is 6.43. The SMILES string of the molecule is Cc1ccsc1C(NN)c1cn(C)nc1C. The van der Waals surface area contributed by atoms with E-state index in [2.05, 4.69) is 28.9 Å². The minimum absolute atomic E-state index is 0.0358. The van der Waals surface area contributed by atoms with Gasteiger partial charge in [-0.1, -0.05) is 0 Å². The molecule has 0 spiro atoms. The van der Waals surface area contributed by atoms with Crippen LogP contribution in [-0.4, -0.2) is 9.78 Å². The maximum atomic E-state index is 5.66. The molecule has 0 aliphatic carbocycles. The number of aromatic nitrogens is 2. The highest BCUT2D eigenvalue weighted by Crippen LogP contribution is 2.29. The second-order valence-corrected chi connectivity index (χ2v) is 4.86. The quantitative estimate of drug-likeness (QED) is 0.629. The van der Waals surface area contributed by atoms with E-state index in [1.54, 1.807) is 11.3 Å². The van der Waals surface area contributed by atoms with Crippen molar-refractivity contribution in [3.8, 4) is 0 Å². The van der Waals surface area contributed by atoms with Gasteiger partial charge in [-0.2, -0.15) is 5.10 Å². The maximum absolute atomic E-state index is 5.66. The molecule has 0 saturated carbocycles. The zero-order chi connectivity index (χ0) is 11.7. The Morgan fingerprint density at radius 3 is 2.69 bits per heavy atom. The molecule has 0 radical (unpaired) electrons. The Kier molecular flexibility index (Phi) is 3.09. The van der Waals surface area contributed by atoms with E-state index in [4.69, 9.17) is 5.84 Å². The third kappa shape index (κ3) is 1.89. The predicted octanol–water partition coefficient (Wildman–Crippen LogP) is 1.65. The van der Waals surface area contributed by atoms with Crippen molar-refractivity contribution in [1.82, 2.24) is 15.2 Å². The van der Waals surface area contributed by atoms with Gasteiger partial charge in [0.05, 0.1) is 11.7 Å². The number of nitrogens with zero attached hydrogens (tertiary/aromatic N) is 2. The number of nitrogens with two attached hydrogens (primary N) is 1. The highest BCUT2D eigenvalue weighted by Gasteiger charge is 2.19. The van der Waals surface area contributed by atoms with Gasteiger partial charge in [0.2, 0.25) is 0 Å². The van der Waals surface area contributed by atoms with E-state index >= 15 is 0 Å². The van der Waals surface area contributed by atoms with Crippen LogP contribution in [-0.2, 0) is 7.05 Å². The number of hydrazine groups is 1. The molecule has 0 aliphatic rings. The van der Waals surface area contributed by atoms with Gasteiger partial charge in [-0.05, 0) is 30.9 Å². The third-order valence-corrected chi connectivity index (χ3v) is 3.78. The van der Waals surface area contributed by atoms with Crippen LogP contribution in [0.3, 0.4) is 0 Å². The van der Waals surface area contributed by atoms with E-state index in [-0.39, 0.29) is 6.04 Å². The average molecular weight is 236 g/mol. The molecule has 86 valence electrons.